The molecule has 0 saturated carbocycles. The number of nitrogens with two attached hydrogens (primary N) is 1. The van der Waals surface area contributed by atoms with E-state index in [1.54, 1.807) is 0 Å². The molecule has 172 valence electrons. The lowest BCUT2D eigenvalue weighted by atomic mass is 9.69. The number of rotatable bonds is 17. The van der Waals surface area contributed by atoms with Gasteiger partial charge in [-0.05, 0) is 24.5 Å². The molecule has 0 heterocycles. The van der Waals surface area contributed by atoms with Crippen molar-refractivity contribution in [2.24, 2.45) is 5.73 Å². The van der Waals surface area contributed by atoms with E-state index in [1.165, 1.54) is 94.6 Å². The Morgan fingerprint density at radius 2 is 0.935 bits per heavy atom. The summed E-state index contributed by atoms with van der Waals surface area (Å²) >= 11 is 0. The molecule has 0 aromatic heterocycles. The molecule has 1 atom stereocenters. The molecule has 2 rings (SSSR count). The van der Waals surface area contributed by atoms with Crippen LogP contribution in [-0.2, 0) is 5.41 Å². The monoisotopic (exact) mass is 421 g/mol. The van der Waals surface area contributed by atoms with Crippen molar-refractivity contribution in [1.29, 1.82) is 0 Å². The summed E-state index contributed by atoms with van der Waals surface area (Å²) in [6.07, 6.45) is 19.2. The first-order valence-electron chi connectivity index (χ1n) is 13.1. The fourth-order valence-electron chi connectivity index (χ4n) is 4.83. The van der Waals surface area contributed by atoms with Crippen molar-refractivity contribution in [3.8, 4) is 0 Å². The maximum atomic E-state index is 6.86. The topological polar surface area (TPSA) is 26.0 Å². The van der Waals surface area contributed by atoms with Gasteiger partial charge in [-0.25, -0.2) is 0 Å². The number of benzene rings is 2. The van der Waals surface area contributed by atoms with Gasteiger partial charge in [-0.1, -0.05) is 151 Å². The van der Waals surface area contributed by atoms with E-state index in [1.807, 2.05) is 0 Å². The van der Waals surface area contributed by atoms with Gasteiger partial charge in [0.05, 0.1) is 0 Å². The van der Waals surface area contributed by atoms with Crippen LogP contribution in [0.5, 0.6) is 0 Å². The second-order valence-electron chi connectivity index (χ2n) is 9.57. The molecule has 31 heavy (non-hydrogen) atoms. The molecular weight excluding hydrogens is 374 g/mol. The Hall–Kier alpha value is -1.60. The Bertz CT molecular complexity index is 624. The molecule has 2 aromatic carbocycles. The summed E-state index contributed by atoms with van der Waals surface area (Å²) in [5, 5.41) is 0. The average Bonchev–Trinajstić information content (AvgIpc) is 2.82. The molecule has 0 aliphatic rings. The molecular formula is C30H47N. The zero-order valence-corrected chi connectivity index (χ0v) is 20.3. The van der Waals surface area contributed by atoms with Crippen LogP contribution in [0.2, 0.25) is 0 Å². The van der Waals surface area contributed by atoms with Crippen molar-refractivity contribution in [2.45, 2.75) is 115 Å². The summed E-state index contributed by atoms with van der Waals surface area (Å²) in [7, 11) is 0. The minimum atomic E-state index is -0.139. The Morgan fingerprint density at radius 3 is 1.32 bits per heavy atom. The zero-order chi connectivity index (χ0) is 22.2. The molecule has 1 heteroatoms. The number of hydrogen-bond acceptors (Lipinski definition) is 1. The molecule has 0 aliphatic carbocycles. The fourth-order valence-corrected chi connectivity index (χ4v) is 4.83. The molecule has 0 amide bonds. The highest BCUT2D eigenvalue weighted by Gasteiger charge is 2.34. The van der Waals surface area contributed by atoms with Gasteiger partial charge in [-0.2, -0.15) is 0 Å². The molecule has 0 saturated heterocycles. The highest BCUT2D eigenvalue weighted by atomic mass is 14.7. The SMILES string of the molecule is CCCCCCCCCCCCCCCC(N)C(C)(c1ccccc1)c1ccccc1. The summed E-state index contributed by atoms with van der Waals surface area (Å²) in [6, 6.07) is 21.8. The molecule has 1 unspecified atom stereocenters. The largest absolute Gasteiger partial charge is 0.327 e. The van der Waals surface area contributed by atoms with E-state index >= 15 is 0 Å². The van der Waals surface area contributed by atoms with E-state index in [0.29, 0.717) is 0 Å². The smallest absolute Gasteiger partial charge is 0.0325 e. The van der Waals surface area contributed by atoms with Crippen molar-refractivity contribution in [3.63, 3.8) is 0 Å². The molecule has 0 aliphatic heterocycles. The molecule has 2 N–H and O–H groups in total. The van der Waals surface area contributed by atoms with Crippen molar-refractivity contribution in [3.05, 3.63) is 71.8 Å². The van der Waals surface area contributed by atoms with Crippen LogP contribution in [0, 0.1) is 0 Å². The van der Waals surface area contributed by atoms with Crippen LogP contribution in [0.1, 0.15) is 115 Å². The number of unbranched alkanes of at least 4 members (excludes halogenated alkanes) is 12. The highest BCUT2D eigenvalue weighted by molar-refractivity contribution is 5.40. The lowest BCUT2D eigenvalue weighted by Gasteiger charge is -2.37. The van der Waals surface area contributed by atoms with Gasteiger partial charge in [0.2, 0.25) is 0 Å². The number of hydrogen-bond donors (Lipinski definition) is 1. The minimum Gasteiger partial charge on any atom is -0.327 e. The minimum absolute atomic E-state index is 0.130. The Morgan fingerprint density at radius 1 is 0.581 bits per heavy atom. The van der Waals surface area contributed by atoms with Gasteiger partial charge in [0.15, 0.2) is 0 Å². The third-order valence-electron chi connectivity index (χ3n) is 7.11. The molecule has 0 fully saturated rings. The quantitative estimate of drug-likeness (QED) is 0.254. The molecule has 0 spiro atoms. The van der Waals surface area contributed by atoms with Gasteiger partial charge >= 0.3 is 0 Å². The van der Waals surface area contributed by atoms with Gasteiger partial charge in [-0.15, -0.1) is 0 Å². The van der Waals surface area contributed by atoms with Gasteiger partial charge in [0.1, 0.15) is 0 Å². The average molecular weight is 422 g/mol. The first kappa shape index (κ1) is 25.7. The second-order valence-corrected chi connectivity index (χ2v) is 9.57. The predicted molar refractivity (Wildman–Crippen MR) is 138 cm³/mol. The van der Waals surface area contributed by atoms with Crippen LogP contribution >= 0.6 is 0 Å². The van der Waals surface area contributed by atoms with Crippen LogP contribution in [-0.4, -0.2) is 6.04 Å². The van der Waals surface area contributed by atoms with E-state index in [0.717, 1.165) is 6.42 Å². The summed E-state index contributed by atoms with van der Waals surface area (Å²) < 4.78 is 0. The van der Waals surface area contributed by atoms with Crippen LogP contribution in [0.3, 0.4) is 0 Å². The van der Waals surface area contributed by atoms with Crippen LogP contribution in [0.4, 0.5) is 0 Å². The second kappa shape index (κ2) is 15.2. The van der Waals surface area contributed by atoms with Crippen molar-refractivity contribution in [1.82, 2.24) is 0 Å². The van der Waals surface area contributed by atoms with Gasteiger partial charge in [-0.3, -0.25) is 0 Å². The van der Waals surface area contributed by atoms with E-state index in [9.17, 15) is 0 Å². The predicted octanol–water partition coefficient (Wildman–Crippen LogP) is 8.80. The summed E-state index contributed by atoms with van der Waals surface area (Å²) in [5.41, 5.74) is 9.36. The van der Waals surface area contributed by atoms with E-state index < -0.39 is 0 Å². The van der Waals surface area contributed by atoms with E-state index in [4.69, 9.17) is 5.73 Å². The lowest BCUT2D eigenvalue weighted by molar-refractivity contribution is 0.401. The van der Waals surface area contributed by atoms with Crippen LogP contribution < -0.4 is 5.73 Å². The highest BCUT2D eigenvalue weighted by Crippen LogP contribution is 2.36. The fraction of sp³-hybridized carbons (Fsp3) is 0.600. The van der Waals surface area contributed by atoms with E-state index in [-0.39, 0.29) is 11.5 Å². The van der Waals surface area contributed by atoms with Gasteiger partial charge < -0.3 is 5.73 Å². The first-order chi connectivity index (χ1) is 15.2. The maximum Gasteiger partial charge on any atom is 0.0325 e. The maximum absolute atomic E-state index is 6.86. The molecule has 1 nitrogen and oxygen atoms in total. The van der Waals surface area contributed by atoms with Crippen molar-refractivity contribution >= 4 is 0 Å². The summed E-state index contributed by atoms with van der Waals surface area (Å²) in [5.74, 6) is 0. The first-order valence-corrected chi connectivity index (χ1v) is 13.1. The van der Waals surface area contributed by atoms with Crippen LogP contribution in [0.15, 0.2) is 60.7 Å². The normalized spacial score (nSPS) is 12.7. The molecule has 2 aromatic rings. The summed E-state index contributed by atoms with van der Waals surface area (Å²) in [4.78, 5) is 0. The third kappa shape index (κ3) is 8.81. The Balaban J connectivity index is 1.67. The van der Waals surface area contributed by atoms with Gasteiger partial charge in [0.25, 0.3) is 0 Å². The Kier molecular flexibility index (Phi) is 12.6. The van der Waals surface area contributed by atoms with Crippen LogP contribution in [0.25, 0.3) is 0 Å². The van der Waals surface area contributed by atoms with Crippen molar-refractivity contribution < 1.29 is 0 Å². The molecule has 0 radical (unpaired) electrons. The van der Waals surface area contributed by atoms with Crippen molar-refractivity contribution in [2.75, 3.05) is 0 Å². The molecule has 0 bridgehead atoms. The van der Waals surface area contributed by atoms with E-state index in [2.05, 4.69) is 74.5 Å². The lowest BCUT2D eigenvalue weighted by Crippen LogP contribution is -2.44. The van der Waals surface area contributed by atoms with Gasteiger partial charge in [0, 0.05) is 11.5 Å². The zero-order valence-electron chi connectivity index (χ0n) is 20.3. The standard InChI is InChI=1S/C30H47N/c1-3-4-5-6-7-8-9-10-11-12-13-14-21-26-29(31)30(2,27-22-17-15-18-23-27)28-24-19-16-20-25-28/h15-20,22-25,29H,3-14,21,26,31H2,1-2H3. The summed E-state index contributed by atoms with van der Waals surface area (Å²) in [6.45, 7) is 4.61. The Labute approximate surface area is 192 Å². The third-order valence-corrected chi connectivity index (χ3v) is 7.11.